The number of hydrogen-bond donors (Lipinski definition) is 0. The Morgan fingerprint density at radius 2 is 2.16 bits per heavy atom. The Morgan fingerprint density at radius 3 is 2.68 bits per heavy atom. The molecule has 6 heteroatoms. The van der Waals surface area contributed by atoms with Gasteiger partial charge in [-0.3, -0.25) is 19.1 Å². The minimum absolute atomic E-state index is 0.397. The van der Waals surface area contributed by atoms with Crippen LogP contribution < -0.4 is 4.31 Å². The van der Waals surface area contributed by atoms with Gasteiger partial charge in [0, 0.05) is 24.2 Å². The maximum atomic E-state index is 11.8. The largest absolute Gasteiger partial charge is 0.298 e. The highest BCUT2D eigenvalue weighted by molar-refractivity contribution is 7.85. The van der Waals surface area contributed by atoms with E-state index < -0.39 is 11.0 Å². The third-order valence-corrected chi connectivity index (χ3v) is 3.49. The van der Waals surface area contributed by atoms with Crippen molar-refractivity contribution in [2.45, 2.75) is 6.54 Å². The average molecular weight is 275 g/mol. The Balaban J connectivity index is 2.21. The zero-order valence-corrected chi connectivity index (χ0v) is 11.2. The van der Waals surface area contributed by atoms with E-state index in [1.807, 2.05) is 6.07 Å². The predicted octanol–water partition coefficient (Wildman–Crippen LogP) is 1.59. The SMILES string of the molecule is CS(=O)N(Cc1ccc(C=O)cn1)c1cccnc1. The summed E-state index contributed by atoms with van der Waals surface area (Å²) in [5.41, 5.74) is 2.03. The lowest BCUT2D eigenvalue weighted by Gasteiger charge is -2.20. The maximum Gasteiger partial charge on any atom is 0.151 e. The molecule has 0 saturated carbocycles. The lowest BCUT2D eigenvalue weighted by molar-refractivity contribution is 0.112. The van der Waals surface area contributed by atoms with Gasteiger partial charge in [-0.05, 0) is 24.3 Å². The summed E-state index contributed by atoms with van der Waals surface area (Å²) in [6.45, 7) is 0.397. The molecule has 1 unspecified atom stereocenters. The first-order chi connectivity index (χ1) is 9.20. The number of aromatic nitrogens is 2. The molecule has 0 aromatic carbocycles. The summed E-state index contributed by atoms with van der Waals surface area (Å²) in [5.74, 6) is 0. The summed E-state index contributed by atoms with van der Waals surface area (Å²) < 4.78 is 13.5. The third kappa shape index (κ3) is 3.45. The minimum Gasteiger partial charge on any atom is -0.298 e. The van der Waals surface area contributed by atoms with Gasteiger partial charge in [-0.15, -0.1) is 0 Å². The molecule has 98 valence electrons. The van der Waals surface area contributed by atoms with Crippen molar-refractivity contribution in [3.05, 3.63) is 54.1 Å². The smallest absolute Gasteiger partial charge is 0.151 e. The van der Waals surface area contributed by atoms with Crippen LogP contribution >= 0.6 is 0 Å². The second-order valence-corrected chi connectivity index (χ2v) is 5.16. The van der Waals surface area contributed by atoms with Crippen LogP contribution in [0.25, 0.3) is 0 Å². The van der Waals surface area contributed by atoms with Crippen molar-refractivity contribution in [1.29, 1.82) is 0 Å². The fourth-order valence-corrected chi connectivity index (χ4v) is 2.30. The molecule has 0 fully saturated rings. The summed E-state index contributed by atoms with van der Waals surface area (Å²) in [4.78, 5) is 18.7. The van der Waals surface area contributed by atoms with Crippen molar-refractivity contribution in [2.24, 2.45) is 0 Å². The van der Waals surface area contributed by atoms with Crippen LogP contribution in [0.15, 0.2) is 42.9 Å². The topological polar surface area (TPSA) is 63.2 Å². The second-order valence-electron chi connectivity index (χ2n) is 3.87. The third-order valence-electron chi connectivity index (χ3n) is 2.53. The number of carbonyl (C=O) groups excluding carboxylic acids is 1. The van der Waals surface area contributed by atoms with Gasteiger partial charge < -0.3 is 0 Å². The van der Waals surface area contributed by atoms with E-state index in [2.05, 4.69) is 9.97 Å². The summed E-state index contributed by atoms with van der Waals surface area (Å²) >= 11 is 0. The van der Waals surface area contributed by atoms with Crippen LogP contribution in [0.5, 0.6) is 0 Å². The Labute approximate surface area is 113 Å². The Morgan fingerprint density at radius 1 is 1.32 bits per heavy atom. The van der Waals surface area contributed by atoms with Crippen LogP contribution in [0.3, 0.4) is 0 Å². The number of aldehydes is 1. The Hall–Kier alpha value is -2.08. The number of hydrogen-bond acceptors (Lipinski definition) is 4. The van der Waals surface area contributed by atoms with Gasteiger partial charge in [0.2, 0.25) is 0 Å². The van der Waals surface area contributed by atoms with Crippen molar-refractivity contribution in [3.8, 4) is 0 Å². The minimum atomic E-state index is -1.18. The van der Waals surface area contributed by atoms with Gasteiger partial charge in [-0.25, -0.2) is 4.21 Å². The molecule has 1 atom stereocenters. The molecule has 2 aromatic rings. The molecule has 0 spiro atoms. The van der Waals surface area contributed by atoms with E-state index >= 15 is 0 Å². The van der Waals surface area contributed by atoms with Crippen molar-refractivity contribution in [3.63, 3.8) is 0 Å². The molecule has 0 saturated heterocycles. The van der Waals surface area contributed by atoms with E-state index in [4.69, 9.17) is 0 Å². The molecular weight excluding hydrogens is 262 g/mol. The van der Waals surface area contributed by atoms with E-state index in [1.165, 1.54) is 6.20 Å². The average Bonchev–Trinajstić information content (AvgIpc) is 2.46. The van der Waals surface area contributed by atoms with Gasteiger partial charge in [-0.1, -0.05) is 0 Å². The number of carbonyl (C=O) groups is 1. The fraction of sp³-hybridized carbons (Fsp3) is 0.154. The van der Waals surface area contributed by atoms with Gasteiger partial charge >= 0.3 is 0 Å². The molecule has 0 aliphatic carbocycles. The van der Waals surface area contributed by atoms with Gasteiger partial charge in [-0.2, -0.15) is 0 Å². The van der Waals surface area contributed by atoms with E-state index in [0.717, 1.165) is 17.7 Å². The van der Waals surface area contributed by atoms with E-state index in [1.54, 1.807) is 41.2 Å². The standard InChI is InChI=1S/C13H13N3O2S/c1-19(18)16(13-3-2-6-14-8-13)9-12-5-4-11(10-17)7-15-12/h2-8,10H,9H2,1H3. The molecule has 0 amide bonds. The predicted molar refractivity (Wildman–Crippen MR) is 74.1 cm³/mol. The second kappa shape index (κ2) is 6.19. The summed E-state index contributed by atoms with van der Waals surface area (Å²) in [6, 6.07) is 7.07. The molecule has 5 nitrogen and oxygen atoms in total. The van der Waals surface area contributed by atoms with Crippen LogP contribution in [0.4, 0.5) is 5.69 Å². The molecule has 0 N–H and O–H groups in total. The van der Waals surface area contributed by atoms with E-state index in [9.17, 15) is 9.00 Å². The summed E-state index contributed by atoms with van der Waals surface area (Å²) in [6.07, 6.45) is 7.17. The van der Waals surface area contributed by atoms with Crippen LogP contribution in [0, 0.1) is 0 Å². The number of nitrogens with zero attached hydrogens (tertiary/aromatic N) is 3. The lowest BCUT2D eigenvalue weighted by atomic mass is 10.2. The molecule has 0 radical (unpaired) electrons. The van der Waals surface area contributed by atoms with Gasteiger partial charge in [0.05, 0.1) is 24.1 Å². The lowest BCUT2D eigenvalue weighted by Crippen LogP contribution is -2.24. The van der Waals surface area contributed by atoms with Gasteiger partial charge in [0.1, 0.15) is 11.0 Å². The number of pyridine rings is 2. The first-order valence-corrected chi connectivity index (χ1v) is 7.13. The summed E-state index contributed by atoms with van der Waals surface area (Å²) in [7, 11) is -1.18. The van der Waals surface area contributed by atoms with Crippen molar-refractivity contribution < 1.29 is 9.00 Å². The van der Waals surface area contributed by atoms with E-state index in [-0.39, 0.29) is 0 Å². The first-order valence-electron chi connectivity index (χ1n) is 5.62. The van der Waals surface area contributed by atoms with Crippen molar-refractivity contribution in [2.75, 3.05) is 10.6 Å². The molecule has 2 aromatic heterocycles. The quantitative estimate of drug-likeness (QED) is 0.777. The molecule has 0 aliphatic heterocycles. The Bertz CT molecular complexity index is 572. The van der Waals surface area contributed by atoms with Crippen LogP contribution in [0.1, 0.15) is 16.1 Å². The maximum absolute atomic E-state index is 11.8. The molecule has 2 heterocycles. The molecular formula is C13H13N3O2S. The highest BCUT2D eigenvalue weighted by atomic mass is 32.2. The Kier molecular flexibility index (Phi) is 4.35. The zero-order chi connectivity index (χ0) is 13.7. The molecule has 0 aliphatic rings. The molecule has 2 rings (SSSR count). The fourth-order valence-electron chi connectivity index (χ4n) is 1.58. The van der Waals surface area contributed by atoms with Gasteiger partial charge in [0.15, 0.2) is 6.29 Å². The number of anilines is 1. The van der Waals surface area contributed by atoms with Crippen LogP contribution in [-0.4, -0.2) is 26.7 Å². The van der Waals surface area contributed by atoms with Crippen LogP contribution in [-0.2, 0) is 17.5 Å². The normalized spacial score (nSPS) is 11.8. The highest BCUT2D eigenvalue weighted by Gasteiger charge is 2.11. The summed E-state index contributed by atoms with van der Waals surface area (Å²) in [5, 5.41) is 0. The van der Waals surface area contributed by atoms with Crippen LogP contribution in [0.2, 0.25) is 0 Å². The molecule has 19 heavy (non-hydrogen) atoms. The monoisotopic (exact) mass is 275 g/mol. The number of rotatable bonds is 5. The van der Waals surface area contributed by atoms with Gasteiger partial charge in [0.25, 0.3) is 0 Å². The molecule has 0 bridgehead atoms. The zero-order valence-electron chi connectivity index (χ0n) is 10.4. The first kappa shape index (κ1) is 13.4. The highest BCUT2D eigenvalue weighted by Crippen LogP contribution is 2.16. The van der Waals surface area contributed by atoms with Crippen molar-refractivity contribution >= 4 is 23.0 Å². The van der Waals surface area contributed by atoms with Crippen molar-refractivity contribution in [1.82, 2.24) is 9.97 Å². The van der Waals surface area contributed by atoms with E-state index in [0.29, 0.717) is 12.1 Å².